The maximum Gasteiger partial charge on any atom is 0.180 e. The summed E-state index contributed by atoms with van der Waals surface area (Å²) in [7, 11) is -1.77. The molecule has 0 aliphatic carbocycles. The number of halogens is 1. The van der Waals surface area contributed by atoms with E-state index in [1.165, 1.54) is 0 Å². The molecule has 27 heavy (non-hydrogen) atoms. The molecule has 9 heteroatoms. The van der Waals surface area contributed by atoms with Gasteiger partial charge in [-0.15, -0.1) is 0 Å². The molecule has 0 aromatic carbocycles. The van der Waals surface area contributed by atoms with E-state index >= 15 is 0 Å². The lowest BCUT2D eigenvalue weighted by atomic mass is 9.87. The third-order valence-electron chi connectivity index (χ3n) is 4.51. The number of imidazole rings is 1. The number of hydrogen-bond acceptors (Lipinski definition) is 6. The largest absolute Gasteiger partial charge is 0.324 e. The Morgan fingerprint density at radius 2 is 1.96 bits per heavy atom. The van der Waals surface area contributed by atoms with Crippen molar-refractivity contribution in [3.05, 3.63) is 33.8 Å². The van der Waals surface area contributed by atoms with Gasteiger partial charge in [0.15, 0.2) is 15.7 Å². The van der Waals surface area contributed by atoms with Gasteiger partial charge in [0.25, 0.3) is 0 Å². The van der Waals surface area contributed by atoms with E-state index in [4.69, 9.17) is 0 Å². The first-order valence-electron chi connectivity index (χ1n) is 8.23. The van der Waals surface area contributed by atoms with E-state index in [0.29, 0.717) is 11.4 Å². The second-order valence-electron chi connectivity index (χ2n) is 6.70. The number of hydrogen-bond donors (Lipinski definition) is 0. The summed E-state index contributed by atoms with van der Waals surface area (Å²) in [6, 6.07) is 5.57. The predicted molar refractivity (Wildman–Crippen MR) is 111 cm³/mol. The summed E-state index contributed by atoms with van der Waals surface area (Å²) in [6.45, 7) is 5.05. The van der Waals surface area contributed by atoms with Crippen molar-refractivity contribution in [3.8, 4) is 17.6 Å². The van der Waals surface area contributed by atoms with Crippen LogP contribution in [0.15, 0.2) is 29.4 Å². The maximum absolute atomic E-state index is 12.8. The molecule has 0 radical (unpaired) electrons. The Hall–Kier alpha value is -2.06. The average Bonchev–Trinajstić information content (AvgIpc) is 2.96. The summed E-state index contributed by atoms with van der Waals surface area (Å²) < 4.78 is 28.1. The Kier molecular flexibility index (Phi) is 4.98. The van der Waals surface area contributed by atoms with Crippen molar-refractivity contribution in [2.75, 3.05) is 5.75 Å². The number of aryl methyl sites for hydroxylation is 1. The molecule has 140 valence electrons. The van der Waals surface area contributed by atoms with E-state index in [9.17, 15) is 13.7 Å². The highest BCUT2D eigenvalue weighted by atomic mass is 127. The van der Waals surface area contributed by atoms with Gasteiger partial charge in [-0.25, -0.2) is 18.4 Å². The molecule has 3 heterocycles. The van der Waals surface area contributed by atoms with E-state index < -0.39 is 15.3 Å². The summed E-state index contributed by atoms with van der Waals surface area (Å²) in [6.07, 6.45) is 3.25. The first kappa shape index (κ1) is 19.7. The van der Waals surface area contributed by atoms with Crippen molar-refractivity contribution in [2.24, 2.45) is 7.05 Å². The number of rotatable bonds is 4. The second-order valence-corrected chi connectivity index (χ2v) is 10.1. The van der Waals surface area contributed by atoms with Crippen molar-refractivity contribution in [2.45, 2.75) is 31.1 Å². The number of nitriles is 1. The normalized spacial score (nSPS) is 12.3. The molecule has 3 aromatic heterocycles. The summed E-state index contributed by atoms with van der Waals surface area (Å²) in [4.78, 5) is 13.4. The lowest BCUT2D eigenvalue weighted by molar-refractivity contribution is 0.596. The number of sulfone groups is 1. The van der Waals surface area contributed by atoms with E-state index in [2.05, 4.69) is 43.6 Å². The molecule has 0 amide bonds. The Morgan fingerprint density at radius 1 is 1.26 bits per heavy atom. The van der Waals surface area contributed by atoms with Crippen molar-refractivity contribution >= 4 is 43.5 Å². The molecule has 0 bridgehead atoms. The Bertz CT molecular complexity index is 1190. The summed E-state index contributed by atoms with van der Waals surface area (Å²) in [5.74, 6) is 0.378. The van der Waals surface area contributed by atoms with Crippen molar-refractivity contribution in [3.63, 3.8) is 0 Å². The highest BCUT2D eigenvalue weighted by Crippen LogP contribution is 2.32. The smallest absolute Gasteiger partial charge is 0.180 e. The fourth-order valence-electron chi connectivity index (χ4n) is 2.69. The number of aromatic nitrogens is 4. The van der Waals surface area contributed by atoms with Crippen molar-refractivity contribution in [1.82, 2.24) is 19.5 Å². The zero-order chi connectivity index (χ0) is 20.0. The Morgan fingerprint density at radius 3 is 2.59 bits per heavy atom. The minimum absolute atomic E-state index is 0.0679. The van der Waals surface area contributed by atoms with Crippen LogP contribution in [0.5, 0.6) is 0 Å². The van der Waals surface area contributed by atoms with E-state index in [-0.39, 0.29) is 16.3 Å². The van der Waals surface area contributed by atoms with Crippen LogP contribution in [0, 0.1) is 15.0 Å². The first-order chi connectivity index (χ1) is 12.6. The van der Waals surface area contributed by atoms with Crippen LogP contribution in [0.1, 0.15) is 26.3 Å². The third-order valence-corrected chi connectivity index (χ3v) is 6.85. The van der Waals surface area contributed by atoms with Gasteiger partial charge < -0.3 is 4.57 Å². The molecule has 0 aliphatic rings. The molecule has 0 spiro atoms. The Balaban J connectivity index is 2.34. The molecule has 0 aliphatic heterocycles. The fourth-order valence-corrected chi connectivity index (χ4v) is 4.18. The van der Waals surface area contributed by atoms with Gasteiger partial charge in [-0.3, -0.25) is 4.98 Å². The van der Waals surface area contributed by atoms with Crippen LogP contribution in [-0.4, -0.2) is 33.7 Å². The first-order valence-corrected chi connectivity index (χ1v) is 11.0. The zero-order valence-corrected chi connectivity index (χ0v) is 18.3. The lowest BCUT2D eigenvalue weighted by Crippen LogP contribution is -2.17. The molecule has 0 atom stereocenters. The fraction of sp³-hybridized carbons (Fsp3) is 0.333. The number of fused-ring (bicyclic) bond motifs is 1. The van der Waals surface area contributed by atoms with Gasteiger partial charge in [0, 0.05) is 13.2 Å². The van der Waals surface area contributed by atoms with Gasteiger partial charge >= 0.3 is 0 Å². The summed E-state index contributed by atoms with van der Waals surface area (Å²) >= 11 is 2.10. The van der Waals surface area contributed by atoms with Crippen LogP contribution in [0.4, 0.5) is 0 Å². The van der Waals surface area contributed by atoms with Gasteiger partial charge in [-0.1, -0.05) is 6.92 Å². The topological polar surface area (TPSA) is 102 Å². The summed E-state index contributed by atoms with van der Waals surface area (Å²) in [5, 5.41) is 9.40. The average molecular weight is 495 g/mol. The zero-order valence-electron chi connectivity index (χ0n) is 15.4. The number of pyridine rings is 2. The van der Waals surface area contributed by atoms with Gasteiger partial charge in [0.1, 0.15) is 9.39 Å². The second kappa shape index (κ2) is 6.83. The third kappa shape index (κ3) is 3.43. The lowest BCUT2D eigenvalue weighted by Gasteiger charge is -2.18. The molecule has 3 aromatic rings. The monoisotopic (exact) mass is 495 g/mol. The predicted octanol–water partition coefficient (Wildman–Crippen LogP) is 3.23. The van der Waals surface area contributed by atoms with Gasteiger partial charge in [0.2, 0.25) is 0 Å². The quantitative estimate of drug-likeness (QED) is 0.407. The van der Waals surface area contributed by atoms with Crippen LogP contribution in [0.25, 0.3) is 22.6 Å². The standard InChI is InChI=1S/C18H18IN5O2S/c1-5-27(25,26)14-6-11(18(2,3)10-20)8-22-16(14)17-23-12-7-15(19)21-9-13(12)24(17)4/h6-9H,5H2,1-4H3. The van der Waals surface area contributed by atoms with Crippen LogP contribution in [0.2, 0.25) is 0 Å². The van der Waals surface area contributed by atoms with Crippen LogP contribution >= 0.6 is 22.6 Å². The molecule has 0 saturated carbocycles. The van der Waals surface area contributed by atoms with Crippen LogP contribution in [-0.2, 0) is 22.3 Å². The minimum atomic E-state index is -3.57. The van der Waals surface area contributed by atoms with Crippen LogP contribution in [0.3, 0.4) is 0 Å². The molecule has 0 N–H and O–H groups in total. The van der Waals surface area contributed by atoms with Gasteiger partial charge in [-0.2, -0.15) is 5.26 Å². The molecular formula is C18H18IN5O2S. The molecular weight excluding hydrogens is 477 g/mol. The van der Waals surface area contributed by atoms with Crippen molar-refractivity contribution < 1.29 is 8.42 Å². The molecule has 0 fully saturated rings. The molecule has 3 rings (SSSR count). The van der Waals surface area contributed by atoms with E-state index in [1.807, 2.05) is 6.07 Å². The highest BCUT2D eigenvalue weighted by molar-refractivity contribution is 14.1. The molecule has 0 unspecified atom stereocenters. The highest BCUT2D eigenvalue weighted by Gasteiger charge is 2.28. The van der Waals surface area contributed by atoms with Crippen LogP contribution < -0.4 is 0 Å². The molecule has 0 saturated heterocycles. The SMILES string of the molecule is CCS(=O)(=O)c1cc(C(C)(C)C#N)cnc1-c1nc2cc(I)ncc2n1C. The van der Waals surface area contributed by atoms with Gasteiger partial charge in [-0.05, 0) is 54.1 Å². The van der Waals surface area contributed by atoms with E-state index in [0.717, 1.165) is 14.7 Å². The van der Waals surface area contributed by atoms with Gasteiger partial charge in [0.05, 0.1) is 39.4 Å². The Labute approximate surface area is 171 Å². The maximum atomic E-state index is 12.8. The van der Waals surface area contributed by atoms with Crippen molar-refractivity contribution in [1.29, 1.82) is 5.26 Å². The molecule has 7 nitrogen and oxygen atoms in total. The minimum Gasteiger partial charge on any atom is -0.324 e. The van der Waals surface area contributed by atoms with E-state index in [1.54, 1.807) is 50.8 Å². The summed E-state index contributed by atoms with van der Waals surface area (Å²) in [5.41, 5.74) is 1.48. The number of nitrogens with zero attached hydrogens (tertiary/aromatic N) is 5.